The van der Waals surface area contributed by atoms with Crippen molar-refractivity contribution in [1.29, 1.82) is 0 Å². The van der Waals surface area contributed by atoms with Crippen molar-refractivity contribution >= 4 is 47.1 Å². The third-order valence-corrected chi connectivity index (χ3v) is 13.6. The number of rotatable bonds is 22. The summed E-state index contributed by atoms with van der Waals surface area (Å²) in [6.07, 6.45) is -33.0. The summed E-state index contributed by atoms with van der Waals surface area (Å²) in [6.45, 7) is -1.33. The first-order chi connectivity index (χ1) is 33.0. The average molecular weight is 1100 g/mol. The maximum Gasteiger partial charge on any atom is 0.475 e. The highest BCUT2D eigenvalue weighted by molar-refractivity contribution is 7.48. The Hall–Kier alpha value is -2.39. The van der Waals surface area contributed by atoms with Crippen LogP contribution in [-0.2, 0) is 83.7 Å². The number of carbonyl (C=O) groups excluding carboxylic acids is 4. The van der Waals surface area contributed by atoms with Crippen LogP contribution in [0.3, 0.4) is 0 Å². The van der Waals surface area contributed by atoms with Crippen molar-refractivity contribution < 1.29 is 144 Å². The minimum absolute atomic E-state index is 0.514. The molecule has 4 aliphatic rings. The van der Waals surface area contributed by atoms with Crippen molar-refractivity contribution in [3.8, 4) is 0 Å². The second-order valence-electron chi connectivity index (χ2n) is 16.0. The van der Waals surface area contributed by atoms with Crippen molar-refractivity contribution in [1.82, 2.24) is 21.3 Å². The quantitative estimate of drug-likeness (QED) is 0.0354. The molecule has 0 radical (unpaired) electrons. The van der Waals surface area contributed by atoms with Crippen LogP contribution in [0.1, 0.15) is 27.7 Å². The summed E-state index contributed by atoms with van der Waals surface area (Å²) >= 11 is 0. The van der Waals surface area contributed by atoms with Gasteiger partial charge in [0.2, 0.25) is 23.6 Å². The second kappa shape index (κ2) is 25.9. The number of hydrogen-bond donors (Lipinski definition) is 17. The zero-order valence-corrected chi connectivity index (χ0v) is 40.4. The fourth-order valence-electron chi connectivity index (χ4n) is 7.66. The summed E-state index contributed by atoms with van der Waals surface area (Å²) in [5.41, 5.74) is 5.39. The predicted octanol–water partition coefficient (Wildman–Crippen LogP) is -8.88. The van der Waals surface area contributed by atoms with Gasteiger partial charge in [-0.05, 0) is 0 Å². The molecule has 23 atom stereocenters. The molecular weight excluding hydrogens is 1040 g/mol. The molecule has 38 heteroatoms. The molecule has 4 amide bonds. The van der Waals surface area contributed by atoms with Gasteiger partial charge in [-0.3, -0.25) is 46.3 Å². The smallest absolute Gasteiger partial charge is 0.394 e. The number of amides is 4. The average Bonchev–Trinajstić information content (AvgIpc) is 3.26. The monoisotopic (exact) mass is 1100 g/mol. The van der Waals surface area contributed by atoms with Crippen LogP contribution in [0.4, 0.5) is 0 Å². The standard InChI is InChI=1S/C33H60N5O30P3/c1-10(43)35-18-23(48)22(47)14(5-39)59-31(18)66-69(52,53)64-28-16(7-41)61-33(20(25(28)50)37-12(3)45)68-71(56,57)65-29-17(8-42)62-32(21(26(29)51)38-13(4)46)67-70(54,55)63-27-15(6-40)60-30(58-9-34)19(24(27)49)36-11(2)44/h14-33,39-42,47-51H,5-9,34H2,1-4H3,(H,35,43)(H,36,44)(H,37,45)(H,38,46)(H,52,53)(H,54,55)(H,56,57)/t14?,15?,16?,17?,18?,19-,20?,21?,22+,23+,24?,25+,26+,27+,28+,29+,30+,31+,32+,33+/m0/s1. The lowest BCUT2D eigenvalue weighted by atomic mass is 9.97. The Morgan fingerprint density at radius 2 is 0.690 bits per heavy atom. The van der Waals surface area contributed by atoms with Gasteiger partial charge in [-0.25, -0.2) is 13.7 Å². The minimum Gasteiger partial charge on any atom is -0.394 e. The summed E-state index contributed by atoms with van der Waals surface area (Å²) < 4.78 is 97.9. The van der Waals surface area contributed by atoms with Crippen LogP contribution in [0.5, 0.6) is 0 Å². The van der Waals surface area contributed by atoms with Gasteiger partial charge >= 0.3 is 23.5 Å². The molecule has 18 N–H and O–H groups in total. The molecule has 0 spiro atoms. The summed E-state index contributed by atoms with van der Waals surface area (Å²) in [5.74, 6) is -3.64. The zero-order valence-electron chi connectivity index (χ0n) is 37.7. The summed E-state index contributed by atoms with van der Waals surface area (Å²) in [5, 5.41) is 103. The number of nitrogens with one attached hydrogen (secondary N) is 4. The number of ether oxygens (including phenoxy) is 5. The molecular formula is C33H60N5O30P3. The van der Waals surface area contributed by atoms with Crippen molar-refractivity contribution in [2.45, 2.75) is 150 Å². The molecule has 71 heavy (non-hydrogen) atoms. The Morgan fingerprint density at radius 3 is 0.958 bits per heavy atom. The van der Waals surface area contributed by atoms with Gasteiger partial charge in [-0.2, -0.15) is 0 Å². The third kappa shape index (κ3) is 16.1. The number of nitrogens with two attached hydrogens (primary N) is 1. The first-order valence-corrected chi connectivity index (χ1v) is 25.5. The molecule has 0 aromatic carbocycles. The molecule has 4 aliphatic heterocycles. The van der Waals surface area contributed by atoms with Crippen LogP contribution in [0.15, 0.2) is 0 Å². The molecule has 4 rings (SSSR count). The highest BCUT2D eigenvalue weighted by Gasteiger charge is 2.57. The van der Waals surface area contributed by atoms with E-state index in [9.17, 15) is 93.5 Å². The fourth-order valence-corrected chi connectivity index (χ4v) is 10.8. The molecule has 4 heterocycles. The predicted molar refractivity (Wildman–Crippen MR) is 221 cm³/mol. The van der Waals surface area contributed by atoms with Crippen molar-refractivity contribution in [2.75, 3.05) is 33.2 Å². The van der Waals surface area contributed by atoms with E-state index in [2.05, 4.69) is 21.3 Å². The Morgan fingerprint density at radius 1 is 0.437 bits per heavy atom. The molecule has 0 aromatic rings. The van der Waals surface area contributed by atoms with E-state index in [4.69, 9.17) is 56.6 Å². The van der Waals surface area contributed by atoms with Gasteiger partial charge in [-0.15, -0.1) is 0 Å². The van der Waals surface area contributed by atoms with E-state index in [0.717, 1.165) is 27.7 Å². The first kappa shape index (κ1) is 61.2. The number of aliphatic hydroxyl groups excluding tert-OH is 9. The van der Waals surface area contributed by atoms with E-state index in [1.165, 1.54) is 0 Å². The summed E-state index contributed by atoms with van der Waals surface area (Å²) in [6, 6.07) is -7.53. The van der Waals surface area contributed by atoms with E-state index >= 15 is 0 Å². The van der Waals surface area contributed by atoms with Crippen molar-refractivity contribution in [3.05, 3.63) is 0 Å². The largest absolute Gasteiger partial charge is 0.475 e. The van der Waals surface area contributed by atoms with E-state index < -0.39 is 203 Å². The van der Waals surface area contributed by atoms with Gasteiger partial charge in [0.05, 0.1) is 33.2 Å². The zero-order chi connectivity index (χ0) is 53.5. The molecule has 0 saturated carbocycles. The van der Waals surface area contributed by atoms with Crippen LogP contribution < -0.4 is 27.0 Å². The number of carbonyl (C=O) groups is 4. The molecule has 4 fully saturated rings. The fraction of sp³-hybridized carbons (Fsp3) is 0.879. The molecule has 11 unspecified atom stereocenters. The lowest BCUT2D eigenvalue weighted by Gasteiger charge is -2.46. The van der Waals surface area contributed by atoms with Gasteiger partial charge in [0.15, 0.2) is 25.2 Å². The molecule has 4 saturated heterocycles. The Labute approximate surface area is 401 Å². The Kier molecular flexibility index (Phi) is 22.3. The normalized spacial score (nSPS) is 40.2. The van der Waals surface area contributed by atoms with Crippen molar-refractivity contribution in [3.63, 3.8) is 0 Å². The van der Waals surface area contributed by atoms with E-state index in [1.54, 1.807) is 0 Å². The molecule has 0 bridgehead atoms. The number of hydrogen-bond acceptors (Lipinski definition) is 28. The first-order valence-electron chi connectivity index (χ1n) is 21.0. The highest BCUT2D eigenvalue weighted by atomic mass is 31.2. The number of aliphatic hydroxyl groups is 9. The summed E-state index contributed by atoms with van der Waals surface area (Å²) in [4.78, 5) is 81.0. The number of phosphoric ester groups is 3. The van der Waals surface area contributed by atoms with Gasteiger partial charge in [-0.1, -0.05) is 0 Å². The van der Waals surface area contributed by atoms with Crippen LogP contribution in [0.2, 0.25) is 0 Å². The minimum atomic E-state index is -5.88. The Bertz CT molecular complexity index is 1970. The Balaban J connectivity index is 1.54. The van der Waals surface area contributed by atoms with Crippen molar-refractivity contribution in [2.24, 2.45) is 5.73 Å². The van der Waals surface area contributed by atoms with E-state index in [0.29, 0.717) is 0 Å². The third-order valence-electron chi connectivity index (χ3n) is 10.7. The second-order valence-corrected chi connectivity index (χ2v) is 20.1. The maximum atomic E-state index is 13.7. The molecule has 412 valence electrons. The lowest BCUT2D eigenvalue weighted by molar-refractivity contribution is -0.273. The van der Waals surface area contributed by atoms with E-state index in [1.807, 2.05) is 0 Å². The van der Waals surface area contributed by atoms with Crippen LogP contribution >= 0.6 is 23.5 Å². The lowest BCUT2D eigenvalue weighted by Crippen LogP contribution is -2.66. The van der Waals surface area contributed by atoms with Crippen LogP contribution in [0.25, 0.3) is 0 Å². The molecule has 35 nitrogen and oxygen atoms in total. The van der Waals surface area contributed by atoms with Gasteiger partial charge in [0.25, 0.3) is 0 Å². The topological polar surface area (TPSA) is 538 Å². The maximum absolute atomic E-state index is 13.7. The van der Waals surface area contributed by atoms with Gasteiger partial charge in [0.1, 0.15) is 97.4 Å². The molecule has 0 aliphatic carbocycles. The molecule has 0 aromatic heterocycles. The highest BCUT2D eigenvalue weighted by Crippen LogP contribution is 2.54. The summed E-state index contributed by atoms with van der Waals surface area (Å²) in [7, 11) is -17.2. The van der Waals surface area contributed by atoms with Gasteiger partial charge in [0, 0.05) is 27.7 Å². The van der Waals surface area contributed by atoms with Crippen LogP contribution in [-0.4, -0.2) is 240 Å². The number of phosphoric acid groups is 3. The van der Waals surface area contributed by atoms with E-state index in [-0.39, 0.29) is 0 Å². The van der Waals surface area contributed by atoms with Crippen LogP contribution in [0, 0.1) is 0 Å². The SMILES string of the molecule is CC(=O)NC1[C@@H](OP(=O)(O)O[C@@H]2C(CO)O[C@H](OP(=O)(O)O[C@@H]3C(CO)O[C@H](OP(=O)(O)O[C@@H]4C(CO)O[C@@H](OCN)[C@@H](NC(C)=O)C4O)C(NC(C)=O)[C@H]3O)C(NC(C)=O)[C@H]2O)OC(CO)[C@@H](O)[C@@H]1O. The van der Waals surface area contributed by atoms with Gasteiger partial charge < -0.3 is 111 Å².